The zero-order chi connectivity index (χ0) is 30.4. The Kier molecular flexibility index (Phi) is 8.65. The number of Topliss-reactive ketones (excluding diaryl/α,β-unsaturated/α-hetero) is 1. The van der Waals surface area contributed by atoms with Crippen LogP contribution in [0.4, 0.5) is 4.79 Å². The molecule has 234 valence electrons. The predicted molar refractivity (Wildman–Crippen MR) is 156 cm³/mol. The van der Waals surface area contributed by atoms with Gasteiger partial charge in [0.25, 0.3) is 5.91 Å². The van der Waals surface area contributed by atoms with Crippen molar-refractivity contribution in [2.45, 2.75) is 123 Å². The molecule has 0 spiro atoms. The lowest BCUT2D eigenvalue weighted by molar-refractivity contribution is -0.149. The first kappa shape index (κ1) is 30.8. The molecule has 2 N–H and O–H groups in total. The van der Waals surface area contributed by atoms with E-state index < -0.39 is 41.5 Å². The van der Waals surface area contributed by atoms with Crippen molar-refractivity contribution in [3.8, 4) is 0 Å². The highest BCUT2D eigenvalue weighted by molar-refractivity contribution is 6.38. The maximum atomic E-state index is 14.3. The number of hydrogen-bond donors (Lipinski definition) is 2. The number of carbonyl (C=O) groups excluding carboxylic acids is 5. The van der Waals surface area contributed by atoms with E-state index in [0.29, 0.717) is 32.0 Å². The molecule has 2 heterocycles. The number of alkyl carbamates (subject to hydrolysis) is 1. The number of carbonyl (C=O) groups is 5. The maximum Gasteiger partial charge on any atom is 0.408 e. The second-order valence-corrected chi connectivity index (χ2v) is 15.0. The average molecular weight is 587 g/mol. The van der Waals surface area contributed by atoms with Crippen molar-refractivity contribution in [3.63, 3.8) is 0 Å². The number of rotatable bonds is 9. The summed E-state index contributed by atoms with van der Waals surface area (Å²) >= 11 is 0. The minimum Gasteiger partial charge on any atom is -0.444 e. The molecular formula is C32H50N4O6. The Hall–Kier alpha value is -2.65. The Balaban J connectivity index is 1.35. The predicted octanol–water partition coefficient (Wildman–Crippen LogP) is 3.42. The lowest BCUT2D eigenvalue weighted by Gasteiger charge is -2.38. The Labute approximate surface area is 250 Å². The second-order valence-electron chi connectivity index (χ2n) is 15.0. The highest BCUT2D eigenvalue weighted by Crippen LogP contribution is 2.65. The number of nitrogens with zero attached hydrogens (tertiary/aromatic N) is 2. The molecule has 0 aromatic heterocycles. The van der Waals surface area contributed by atoms with Gasteiger partial charge in [0.15, 0.2) is 0 Å². The van der Waals surface area contributed by atoms with Crippen LogP contribution in [-0.4, -0.2) is 82.8 Å². The fourth-order valence-electron chi connectivity index (χ4n) is 7.65. The third-order valence-electron chi connectivity index (χ3n) is 10.6. The molecule has 0 radical (unpaired) electrons. The van der Waals surface area contributed by atoms with Crippen molar-refractivity contribution >= 4 is 29.6 Å². The van der Waals surface area contributed by atoms with Crippen molar-refractivity contribution in [1.29, 1.82) is 0 Å². The molecule has 5 atom stereocenters. The average Bonchev–Trinajstić information content (AvgIpc) is 3.19. The summed E-state index contributed by atoms with van der Waals surface area (Å²) in [4.78, 5) is 70.6. The van der Waals surface area contributed by atoms with Gasteiger partial charge in [-0.15, -0.1) is 0 Å². The molecule has 4 amide bonds. The van der Waals surface area contributed by atoms with Gasteiger partial charge in [0.1, 0.15) is 17.7 Å². The van der Waals surface area contributed by atoms with Gasteiger partial charge in [-0.2, -0.15) is 0 Å². The zero-order valence-corrected chi connectivity index (χ0v) is 26.1. The summed E-state index contributed by atoms with van der Waals surface area (Å²) in [6.07, 6.45) is 8.50. The van der Waals surface area contributed by atoms with Gasteiger partial charge in [-0.3, -0.25) is 19.2 Å². The molecule has 5 rings (SSSR count). The molecule has 0 bridgehead atoms. The lowest BCUT2D eigenvalue weighted by atomic mass is 9.80. The van der Waals surface area contributed by atoms with Gasteiger partial charge < -0.3 is 25.2 Å². The minimum atomic E-state index is -0.886. The maximum absolute atomic E-state index is 14.3. The fourth-order valence-corrected chi connectivity index (χ4v) is 7.65. The van der Waals surface area contributed by atoms with Crippen LogP contribution in [0.15, 0.2) is 0 Å². The van der Waals surface area contributed by atoms with Gasteiger partial charge in [-0.1, -0.05) is 52.4 Å². The van der Waals surface area contributed by atoms with Gasteiger partial charge in [-0.05, 0) is 75.5 Å². The van der Waals surface area contributed by atoms with E-state index in [4.69, 9.17) is 4.74 Å². The van der Waals surface area contributed by atoms with Crippen LogP contribution in [-0.2, 0) is 23.9 Å². The summed E-state index contributed by atoms with van der Waals surface area (Å²) in [6.45, 7) is 11.2. The molecule has 5 fully saturated rings. The van der Waals surface area contributed by atoms with Crippen molar-refractivity contribution in [2.75, 3.05) is 19.6 Å². The van der Waals surface area contributed by atoms with Crippen LogP contribution in [0.3, 0.4) is 0 Å². The van der Waals surface area contributed by atoms with Gasteiger partial charge in [0.05, 0.1) is 6.04 Å². The standard InChI is InChI=1S/C32H50N4O6/c1-31(2,3)42-30(41)34-24(20-13-7-6-8-14-20)28(39)36-18-21-23(32(21,4)5)25(36)27(38)33-22(17-19-11-9-12-19)26(37)29(40)35-15-10-16-35/h19-25H,6-18H2,1-5H3,(H,33,38)(H,34,41)/t21?,22?,23-,24-,25-/m0/s1. The molecular weight excluding hydrogens is 536 g/mol. The Morgan fingerprint density at radius 1 is 0.905 bits per heavy atom. The quantitative estimate of drug-likeness (QED) is 0.399. The molecule has 2 aliphatic heterocycles. The van der Waals surface area contributed by atoms with Gasteiger partial charge >= 0.3 is 6.09 Å². The van der Waals surface area contributed by atoms with E-state index >= 15 is 0 Å². The van der Waals surface area contributed by atoms with Gasteiger partial charge in [0, 0.05) is 19.6 Å². The van der Waals surface area contributed by atoms with E-state index in [-0.39, 0.29) is 35.0 Å². The summed E-state index contributed by atoms with van der Waals surface area (Å²) in [7, 11) is 0. The number of ketones is 1. The first-order valence-corrected chi connectivity index (χ1v) is 16.2. The van der Waals surface area contributed by atoms with E-state index in [1.54, 1.807) is 30.6 Å². The number of ether oxygens (including phenoxy) is 1. The second kappa shape index (κ2) is 11.8. The fraction of sp³-hybridized carbons (Fsp3) is 0.844. The van der Waals surface area contributed by atoms with Crippen LogP contribution < -0.4 is 10.6 Å². The van der Waals surface area contributed by atoms with Crippen LogP contribution in [0.25, 0.3) is 0 Å². The molecule has 3 saturated carbocycles. The summed E-state index contributed by atoms with van der Waals surface area (Å²) < 4.78 is 5.52. The normalized spacial score (nSPS) is 28.5. The number of nitrogens with one attached hydrogen (secondary N) is 2. The van der Waals surface area contributed by atoms with Crippen molar-refractivity contribution in [2.24, 2.45) is 29.1 Å². The van der Waals surface area contributed by atoms with E-state index in [0.717, 1.165) is 57.8 Å². The van der Waals surface area contributed by atoms with Gasteiger partial charge in [0.2, 0.25) is 17.6 Å². The van der Waals surface area contributed by atoms with Crippen LogP contribution in [0.1, 0.15) is 98.8 Å². The SMILES string of the molecule is CC(C)(C)OC(=O)N[C@H](C(=O)N1CC2[C@@H]([C@H]1C(=O)NC(CC1CCC1)C(=O)C(=O)N1CCC1)C2(C)C)C1CCCCC1. The number of piperidine rings is 1. The molecule has 0 aromatic rings. The Morgan fingerprint density at radius 3 is 2.12 bits per heavy atom. The third-order valence-corrected chi connectivity index (χ3v) is 10.6. The largest absolute Gasteiger partial charge is 0.444 e. The van der Waals surface area contributed by atoms with Crippen LogP contribution >= 0.6 is 0 Å². The van der Waals surface area contributed by atoms with Crippen molar-refractivity contribution in [3.05, 3.63) is 0 Å². The van der Waals surface area contributed by atoms with Crippen LogP contribution in [0, 0.1) is 29.1 Å². The van der Waals surface area contributed by atoms with Gasteiger partial charge in [-0.25, -0.2) is 4.79 Å². The molecule has 0 aromatic carbocycles. The summed E-state index contributed by atoms with van der Waals surface area (Å²) in [6, 6.07) is -2.42. The first-order chi connectivity index (χ1) is 19.8. The van der Waals surface area contributed by atoms with Crippen LogP contribution in [0.2, 0.25) is 0 Å². The summed E-state index contributed by atoms with van der Waals surface area (Å²) in [5.74, 6) is -1.30. The lowest BCUT2D eigenvalue weighted by Crippen LogP contribution is -2.60. The molecule has 5 aliphatic rings. The smallest absolute Gasteiger partial charge is 0.408 e. The molecule has 2 unspecified atom stereocenters. The number of hydrogen-bond acceptors (Lipinski definition) is 6. The van der Waals surface area contributed by atoms with E-state index in [1.165, 1.54) is 0 Å². The third kappa shape index (κ3) is 6.32. The Morgan fingerprint density at radius 2 is 1.57 bits per heavy atom. The van der Waals surface area contributed by atoms with E-state index in [2.05, 4.69) is 24.5 Å². The molecule has 2 saturated heterocycles. The minimum absolute atomic E-state index is 0.0329. The highest BCUT2D eigenvalue weighted by atomic mass is 16.6. The Bertz CT molecular complexity index is 1090. The summed E-state index contributed by atoms with van der Waals surface area (Å²) in [5, 5.41) is 5.85. The van der Waals surface area contributed by atoms with Crippen molar-refractivity contribution in [1.82, 2.24) is 20.4 Å². The zero-order valence-electron chi connectivity index (χ0n) is 26.1. The van der Waals surface area contributed by atoms with E-state index in [9.17, 15) is 24.0 Å². The number of amides is 4. The molecule has 10 heteroatoms. The topological polar surface area (TPSA) is 125 Å². The van der Waals surface area contributed by atoms with Crippen LogP contribution in [0.5, 0.6) is 0 Å². The molecule has 42 heavy (non-hydrogen) atoms. The first-order valence-electron chi connectivity index (χ1n) is 16.2. The number of likely N-dealkylation sites (tertiary alicyclic amines) is 2. The molecule has 10 nitrogen and oxygen atoms in total. The highest BCUT2D eigenvalue weighted by Gasteiger charge is 2.69. The van der Waals surface area contributed by atoms with Crippen molar-refractivity contribution < 1.29 is 28.7 Å². The van der Waals surface area contributed by atoms with E-state index in [1.807, 2.05) is 0 Å². The molecule has 3 aliphatic carbocycles. The monoisotopic (exact) mass is 586 g/mol. The summed E-state index contributed by atoms with van der Waals surface area (Å²) in [5.41, 5.74) is -0.819. The number of fused-ring (bicyclic) bond motifs is 1.